The van der Waals surface area contributed by atoms with Crippen LogP contribution in [-0.2, 0) is 11.2 Å². The normalized spacial score (nSPS) is 17.1. The number of methoxy groups -OCH3 is 1. The number of aromatic nitrogens is 2. The van der Waals surface area contributed by atoms with Gasteiger partial charge in [-0.3, -0.25) is 24.8 Å². The third-order valence-electron chi connectivity index (χ3n) is 5.80. The summed E-state index contributed by atoms with van der Waals surface area (Å²) in [6, 6.07) is 8.76. The largest absolute Gasteiger partial charge is 0.507 e. The van der Waals surface area contributed by atoms with Gasteiger partial charge in [-0.05, 0) is 23.8 Å². The Morgan fingerprint density at radius 1 is 1.20 bits per heavy atom. The van der Waals surface area contributed by atoms with Gasteiger partial charge in [-0.15, -0.1) is 0 Å². The Morgan fingerprint density at radius 2 is 1.97 bits per heavy atom. The van der Waals surface area contributed by atoms with Crippen LogP contribution < -0.4 is 20.7 Å². The number of nitrogens with zero attached hydrogens (tertiary/aromatic N) is 1. The van der Waals surface area contributed by atoms with Gasteiger partial charge >= 0.3 is 0 Å². The SMILES string of the molecule is COc1c([C@@H]2CNC[C@@H]2NC(=O)Cc2cn[nH]c2)cc(O)c(C(=O)NC(=O)c2ccccc2)c1F. The summed E-state index contributed by atoms with van der Waals surface area (Å²) in [6.45, 7) is 0.797. The standard InChI is InChI=1S/C24H24FN5O5/c1-35-22-15(16-11-26-12-17(16)29-19(32)7-13-9-27-28-10-13)8-18(31)20(21(22)25)24(34)30-23(33)14-5-3-2-4-6-14/h2-6,8-10,16-17,26,31H,7,11-12H2,1H3,(H,27,28)(H,29,32)(H,30,33,34)/t16-,17-/m0/s1. The number of hydrogen-bond donors (Lipinski definition) is 5. The lowest BCUT2D eigenvalue weighted by Gasteiger charge is -2.23. The quantitative estimate of drug-likeness (QED) is 0.319. The summed E-state index contributed by atoms with van der Waals surface area (Å²) < 4.78 is 20.7. The summed E-state index contributed by atoms with van der Waals surface area (Å²) in [7, 11) is 1.24. The first-order valence-electron chi connectivity index (χ1n) is 10.9. The molecule has 0 spiro atoms. The minimum Gasteiger partial charge on any atom is -0.507 e. The number of benzene rings is 2. The predicted molar refractivity (Wildman–Crippen MR) is 123 cm³/mol. The highest BCUT2D eigenvalue weighted by molar-refractivity contribution is 6.11. The van der Waals surface area contributed by atoms with Crippen LogP contribution in [0.4, 0.5) is 4.39 Å². The molecule has 3 aromatic rings. The fourth-order valence-corrected chi connectivity index (χ4v) is 4.14. The van der Waals surface area contributed by atoms with Crippen molar-refractivity contribution in [2.24, 2.45) is 0 Å². The first kappa shape index (κ1) is 23.9. The van der Waals surface area contributed by atoms with Crippen LogP contribution in [0, 0.1) is 5.82 Å². The average molecular weight is 481 g/mol. The smallest absolute Gasteiger partial charge is 0.265 e. The summed E-state index contributed by atoms with van der Waals surface area (Å²) in [4.78, 5) is 37.5. The number of hydrogen-bond acceptors (Lipinski definition) is 7. The Hall–Kier alpha value is -4.25. The summed E-state index contributed by atoms with van der Waals surface area (Å²) in [5, 5.41) is 25.1. The summed E-state index contributed by atoms with van der Waals surface area (Å²) in [5.41, 5.74) is 0.496. The number of H-pyrrole nitrogens is 1. The summed E-state index contributed by atoms with van der Waals surface area (Å²) in [5.74, 6) is -4.52. The monoisotopic (exact) mass is 481 g/mol. The fraction of sp³-hybridized carbons (Fsp3) is 0.250. The lowest BCUT2D eigenvalue weighted by atomic mass is 9.91. The fourth-order valence-electron chi connectivity index (χ4n) is 4.14. The molecule has 3 amide bonds. The molecule has 2 aromatic carbocycles. The van der Waals surface area contributed by atoms with Crippen molar-refractivity contribution >= 4 is 17.7 Å². The van der Waals surface area contributed by atoms with Gasteiger partial charge < -0.3 is 20.5 Å². The molecule has 1 aliphatic rings. The van der Waals surface area contributed by atoms with E-state index in [4.69, 9.17) is 4.74 Å². The van der Waals surface area contributed by atoms with E-state index in [0.29, 0.717) is 18.7 Å². The molecule has 182 valence electrons. The van der Waals surface area contributed by atoms with Crippen LogP contribution >= 0.6 is 0 Å². The Morgan fingerprint density at radius 3 is 2.66 bits per heavy atom. The van der Waals surface area contributed by atoms with Crippen molar-refractivity contribution in [2.75, 3.05) is 20.2 Å². The van der Waals surface area contributed by atoms with Crippen LogP contribution in [-0.4, -0.2) is 59.3 Å². The van der Waals surface area contributed by atoms with E-state index in [1.165, 1.54) is 25.3 Å². The molecule has 1 saturated heterocycles. The van der Waals surface area contributed by atoms with E-state index in [1.807, 2.05) is 0 Å². The van der Waals surface area contributed by atoms with E-state index >= 15 is 4.39 Å². The number of carbonyl (C=O) groups excluding carboxylic acids is 3. The molecule has 1 aromatic heterocycles. The van der Waals surface area contributed by atoms with E-state index in [9.17, 15) is 19.5 Å². The molecular formula is C24H24FN5O5. The minimum atomic E-state index is -1.10. The highest BCUT2D eigenvalue weighted by Crippen LogP contribution is 2.39. The highest BCUT2D eigenvalue weighted by atomic mass is 19.1. The van der Waals surface area contributed by atoms with E-state index in [2.05, 4.69) is 26.1 Å². The molecule has 11 heteroatoms. The zero-order valence-corrected chi connectivity index (χ0v) is 18.8. The zero-order chi connectivity index (χ0) is 24.9. The number of rotatable bonds is 7. The summed E-state index contributed by atoms with van der Waals surface area (Å²) in [6.07, 6.45) is 3.28. The van der Waals surface area contributed by atoms with Crippen LogP contribution in [0.15, 0.2) is 48.8 Å². The number of phenolic OH excluding ortho intramolecular Hbond substituents is 1. The number of phenols is 1. The number of halogens is 1. The first-order valence-corrected chi connectivity index (χ1v) is 10.9. The van der Waals surface area contributed by atoms with E-state index in [0.717, 1.165) is 0 Å². The molecule has 0 bridgehead atoms. The second-order valence-electron chi connectivity index (χ2n) is 8.08. The van der Waals surface area contributed by atoms with Gasteiger partial charge in [0, 0.05) is 42.4 Å². The number of aromatic amines is 1. The third-order valence-corrected chi connectivity index (χ3v) is 5.80. The second kappa shape index (κ2) is 10.3. The van der Waals surface area contributed by atoms with Crippen molar-refractivity contribution in [3.05, 3.63) is 76.9 Å². The predicted octanol–water partition coefficient (Wildman–Crippen LogP) is 1.25. The number of carbonyl (C=O) groups is 3. The maximum atomic E-state index is 15.4. The highest BCUT2D eigenvalue weighted by Gasteiger charge is 2.35. The molecule has 2 atom stereocenters. The topological polar surface area (TPSA) is 145 Å². The third kappa shape index (κ3) is 5.14. The van der Waals surface area contributed by atoms with Gasteiger partial charge in [0.1, 0.15) is 11.3 Å². The van der Waals surface area contributed by atoms with Crippen LogP contribution in [0.25, 0.3) is 0 Å². The summed E-state index contributed by atoms with van der Waals surface area (Å²) >= 11 is 0. The first-order chi connectivity index (χ1) is 16.9. The lowest BCUT2D eigenvalue weighted by Crippen LogP contribution is -2.40. The lowest BCUT2D eigenvalue weighted by molar-refractivity contribution is -0.121. The average Bonchev–Trinajstić information content (AvgIpc) is 3.51. The number of nitrogens with one attached hydrogen (secondary N) is 4. The van der Waals surface area contributed by atoms with E-state index < -0.39 is 40.9 Å². The molecule has 1 aliphatic heterocycles. The van der Waals surface area contributed by atoms with Crippen molar-refractivity contribution in [1.82, 2.24) is 26.1 Å². The molecule has 35 heavy (non-hydrogen) atoms. The number of ether oxygens (including phenoxy) is 1. The van der Waals surface area contributed by atoms with E-state index in [1.54, 1.807) is 30.6 Å². The maximum Gasteiger partial charge on any atom is 0.265 e. The van der Waals surface area contributed by atoms with Crippen LogP contribution in [0.2, 0.25) is 0 Å². The van der Waals surface area contributed by atoms with Gasteiger partial charge in [0.05, 0.1) is 19.7 Å². The molecule has 0 unspecified atom stereocenters. The van der Waals surface area contributed by atoms with Crippen LogP contribution in [0.3, 0.4) is 0 Å². The molecule has 5 N–H and O–H groups in total. The molecule has 2 heterocycles. The van der Waals surface area contributed by atoms with Crippen molar-refractivity contribution in [3.8, 4) is 11.5 Å². The Balaban J connectivity index is 1.56. The van der Waals surface area contributed by atoms with Gasteiger partial charge in [0.15, 0.2) is 11.6 Å². The number of aromatic hydroxyl groups is 1. The van der Waals surface area contributed by atoms with Gasteiger partial charge in [-0.2, -0.15) is 5.10 Å². The Bertz CT molecular complexity index is 1230. The van der Waals surface area contributed by atoms with Crippen molar-refractivity contribution in [1.29, 1.82) is 0 Å². The molecule has 0 saturated carbocycles. The minimum absolute atomic E-state index is 0.116. The molecule has 10 nitrogen and oxygen atoms in total. The second-order valence-corrected chi connectivity index (χ2v) is 8.08. The number of amides is 3. The Labute approximate surface area is 199 Å². The van der Waals surface area contributed by atoms with Crippen LogP contribution in [0.1, 0.15) is 37.8 Å². The van der Waals surface area contributed by atoms with Crippen molar-refractivity contribution < 1.29 is 28.6 Å². The van der Waals surface area contributed by atoms with Crippen LogP contribution in [0.5, 0.6) is 11.5 Å². The molecule has 4 rings (SSSR count). The van der Waals surface area contributed by atoms with Crippen molar-refractivity contribution in [2.45, 2.75) is 18.4 Å². The molecular weight excluding hydrogens is 457 g/mol. The zero-order valence-electron chi connectivity index (χ0n) is 18.8. The Kier molecular flexibility index (Phi) is 7.06. The maximum absolute atomic E-state index is 15.4. The van der Waals surface area contributed by atoms with Gasteiger partial charge in [-0.25, -0.2) is 4.39 Å². The van der Waals surface area contributed by atoms with E-state index in [-0.39, 0.29) is 29.2 Å². The number of imide groups is 1. The van der Waals surface area contributed by atoms with Gasteiger partial charge in [0.2, 0.25) is 5.91 Å². The molecule has 0 aliphatic carbocycles. The van der Waals surface area contributed by atoms with Gasteiger partial charge in [-0.1, -0.05) is 18.2 Å². The molecule has 0 radical (unpaired) electrons. The van der Waals surface area contributed by atoms with Gasteiger partial charge in [0.25, 0.3) is 11.8 Å². The van der Waals surface area contributed by atoms with Crippen molar-refractivity contribution in [3.63, 3.8) is 0 Å². The molecule has 1 fully saturated rings.